The Kier molecular flexibility index (Phi) is 3.75. The molecule has 27 heavy (non-hydrogen) atoms. The summed E-state index contributed by atoms with van der Waals surface area (Å²) in [7, 11) is 0. The van der Waals surface area contributed by atoms with Crippen LogP contribution in [-0.4, -0.2) is 29.4 Å². The molecule has 2 aromatic carbocycles. The first-order valence-corrected chi connectivity index (χ1v) is 8.85. The Hall–Kier alpha value is -3.06. The molecule has 1 unspecified atom stereocenters. The number of halogens is 1. The number of fused-ring (bicyclic) bond motifs is 1. The van der Waals surface area contributed by atoms with Crippen LogP contribution in [0.5, 0.6) is 11.5 Å². The van der Waals surface area contributed by atoms with Crippen molar-refractivity contribution in [2.45, 2.75) is 12.3 Å². The first-order chi connectivity index (χ1) is 13.2. The summed E-state index contributed by atoms with van der Waals surface area (Å²) in [5.41, 5.74) is 1.56. The van der Waals surface area contributed by atoms with Crippen molar-refractivity contribution in [3.63, 3.8) is 0 Å². The number of hydrogen-bond acceptors (Lipinski definition) is 6. The lowest BCUT2D eigenvalue weighted by molar-refractivity contribution is -0.117. The second-order valence-corrected chi connectivity index (χ2v) is 6.84. The van der Waals surface area contributed by atoms with Gasteiger partial charge < -0.3 is 18.9 Å². The number of hydrogen-bond donors (Lipinski definition) is 0. The molecule has 1 atom stereocenters. The minimum atomic E-state index is -0.125. The molecule has 3 heterocycles. The van der Waals surface area contributed by atoms with Crippen molar-refractivity contribution >= 4 is 23.2 Å². The van der Waals surface area contributed by atoms with Crippen LogP contribution >= 0.6 is 11.6 Å². The van der Waals surface area contributed by atoms with Crippen LogP contribution < -0.4 is 14.4 Å². The molecule has 2 aliphatic heterocycles. The summed E-state index contributed by atoms with van der Waals surface area (Å²) < 4.78 is 16.1. The number of carbonyl (C=O) groups excluding carboxylic acids is 1. The number of carbonyl (C=O) groups is 1. The lowest BCUT2D eigenvalue weighted by Crippen LogP contribution is -2.24. The number of rotatable bonds is 3. The summed E-state index contributed by atoms with van der Waals surface area (Å²) in [6, 6.07) is 12.6. The van der Waals surface area contributed by atoms with Crippen LogP contribution in [0, 0.1) is 0 Å². The normalized spacial score (nSPS) is 18.3. The van der Waals surface area contributed by atoms with E-state index in [-0.39, 0.29) is 18.6 Å². The smallest absolute Gasteiger partial charge is 0.258 e. The van der Waals surface area contributed by atoms with Gasteiger partial charge in [-0.3, -0.25) is 4.79 Å². The minimum Gasteiger partial charge on any atom is -0.454 e. The zero-order chi connectivity index (χ0) is 18.4. The van der Waals surface area contributed by atoms with E-state index in [0.29, 0.717) is 41.2 Å². The van der Waals surface area contributed by atoms with Gasteiger partial charge in [0.15, 0.2) is 17.3 Å². The van der Waals surface area contributed by atoms with E-state index >= 15 is 0 Å². The van der Waals surface area contributed by atoms with Crippen molar-refractivity contribution in [2.75, 3.05) is 18.2 Å². The average Bonchev–Trinajstić information content (AvgIpc) is 3.41. The van der Waals surface area contributed by atoms with E-state index in [2.05, 4.69) is 10.1 Å². The molecular weight excluding hydrogens is 370 g/mol. The highest BCUT2D eigenvalue weighted by molar-refractivity contribution is 6.30. The maximum absolute atomic E-state index is 12.4. The van der Waals surface area contributed by atoms with Crippen LogP contribution in [0.3, 0.4) is 0 Å². The predicted molar refractivity (Wildman–Crippen MR) is 97.0 cm³/mol. The van der Waals surface area contributed by atoms with Gasteiger partial charge in [0.1, 0.15) is 0 Å². The van der Waals surface area contributed by atoms with Crippen LogP contribution in [0.25, 0.3) is 11.5 Å². The largest absolute Gasteiger partial charge is 0.454 e. The summed E-state index contributed by atoms with van der Waals surface area (Å²) in [6.45, 7) is 0.708. The van der Waals surface area contributed by atoms with Crippen molar-refractivity contribution < 1.29 is 18.8 Å². The molecule has 0 saturated carbocycles. The number of anilines is 1. The van der Waals surface area contributed by atoms with Gasteiger partial charge in [0.2, 0.25) is 12.7 Å². The van der Waals surface area contributed by atoms with Gasteiger partial charge in [-0.05, 0) is 42.5 Å². The minimum absolute atomic E-state index is 0.0248. The van der Waals surface area contributed by atoms with Crippen molar-refractivity contribution in [3.05, 3.63) is 53.3 Å². The number of benzene rings is 2. The zero-order valence-corrected chi connectivity index (χ0v) is 14.8. The van der Waals surface area contributed by atoms with Gasteiger partial charge in [-0.1, -0.05) is 16.8 Å². The highest BCUT2D eigenvalue weighted by Crippen LogP contribution is 2.36. The lowest BCUT2D eigenvalue weighted by atomic mass is 10.1. The van der Waals surface area contributed by atoms with Crippen LogP contribution in [0.1, 0.15) is 18.2 Å². The highest BCUT2D eigenvalue weighted by atomic mass is 35.5. The molecule has 1 fully saturated rings. The molecule has 2 aliphatic rings. The topological polar surface area (TPSA) is 77.7 Å². The van der Waals surface area contributed by atoms with E-state index in [1.54, 1.807) is 23.1 Å². The molecule has 1 amide bonds. The van der Waals surface area contributed by atoms with Crippen molar-refractivity contribution in [1.29, 1.82) is 0 Å². The van der Waals surface area contributed by atoms with Gasteiger partial charge in [0.25, 0.3) is 5.89 Å². The SMILES string of the molecule is O=C1CC(c2noc(-c3ccc4c(c3)OCO4)n2)CN1c1ccc(Cl)cc1. The first-order valence-electron chi connectivity index (χ1n) is 8.47. The van der Waals surface area contributed by atoms with E-state index in [0.717, 1.165) is 11.3 Å². The fourth-order valence-corrected chi connectivity index (χ4v) is 3.42. The summed E-state index contributed by atoms with van der Waals surface area (Å²) >= 11 is 5.92. The molecule has 0 bridgehead atoms. The van der Waals surface area contributed by atoms with E-state index in [1.165, 1.54) is 0 Å². The molecule has 0 aliphatic carbocycles. The molecule has 1 aromatic heterocycles. The number of ether oxygens (including phenoxy) is 2. The molecule has 8 heteroatoms. The van der Waals surface area contributed by atoms with E-state index in [9.17, 15) is 4.79 Å². The summed E-state index contributed by atoms with van der Waals surface area (Å²) in [4.78, 5) is 18.6. The molecule has 136 valence electrons. The molecule has 0 N–H and O–H groups in total. The maximum Gasteiger partial charge on any atom is 0.258 e. The van der Waals surface area contributed by atoms with E-state index < -0.39 is 0 Å². The third kappa shape index (κ3) is 2.90. The van der Waals surface area contributed by atoms with Gasteiger partial charge in [0.05, 0.1) is 0 Å². The first kappa shape index (κ1) is 16.1. The fourth-order valence-electron chi connectivity index (χ4n) is 3.30. The maximum atomic E-state index is 12.4. The monoisotopic (exact) mass is 383 g/mol. The Labute approximate surface area is 159 Å². The third-order valence-electron chi connectivity index (χ3n) is 4.69. The summed E-state index contributed by atoms with van der Waals surface area (Å²) in [5, 5.41) is 4.72. The molecule has 0 radical (unpaired) electrons. The second kappa shape index (κ2) is 6.28. The fraction of sp³-hybridized carbons (Fsp3) is 0.211. The summed E-state index contributed by atoms with van der Waals surface area (Å²) in [6.07, 6.45) is 0.336. The third-order valence-corrected chi connectivity index (χ3v) is 4.94. The van der Waals surface area contributed by atoms with Crippen LogP contribution in [-0.2, 0) is 4.79 Å². The average molecular weight is 384 g/mol. The number of amides is 1. The Morgan fingerprint density at radius 2 is 1.89 bits per heavy atom. The molecule has 1 saturated heterocycles. The van der Waals surface area contributed by atoms with Crippen LogP contribution in [0.15, 0.2) is 47.0 Å². The van der Waals surface area contributed by atoms with Crippen molar-refractivity contribution in [3.8, 4) is 23.0 Å². The van der Waals surface area contributed by atoms with Gasteiger partial charge in [-0.15, -0.1) is 0 Å². The Morgan fingerprint density at radius 1 is 1.07 bits per heavy atom. The standard InChI is InChI=1S/C19H14ClN3O4/c20-13-2-4-14(5-3-13)23-9-12(8-17(23)24)18-21-19(27-22-18)11-1-6-15-16(7-11)26-10-25-15/h1-7,12H,8-10H2. The molecule has 7 nitrogen and oxygen atoms in total. The predicted octanol–water partition coefficient (Wildman–Crippen LogP) is 3.64. The zero-order valence-electron chi connectivity index (χ0n) is 14.1. The summed E-state index contributed by atoms with van der Waals surface area (Å²) in [5.74, 6) is 2.15. The lowest BCUT2D eigenvalue weighted by Gasteiger charge is -2.16. The van der Waals surface area contributed by atoms with E-state index in [1.807, 2.05) is 24.3 Å². The quantitative estimate of drug-likeness (QED) is 0.687. The molecule has 3 aromatic rings. The molecular formula is C19H14ClN3O4. The molecule has 5 rings (SSSR count). The van der Waals surface area contributed by atoms with Gasteiger partial charge in [-0.25, -0.2) is 0 Å². The number of nitrogens with zero attached hydrogens (tertiary/aromatic N) is 3. The molecule has 0 spiro atoms. The van der Waals surface area contributed by atoms with Crippen molar-refractivity contribution in [2.24, 2.45) is 0 Å². The van der Waals surface area contributed by atoms with Gasteiger partial charge >= 0.3 is 0 Å². The highest BCUT2D eigenvalue weighted by Gasteiger charge is 2.34. The van der Waals surface area contributed by atoms with Crippen molar-refractivity contribution in [1.82, 2.24) is 10.1 Å². The Bertz CT molecular complexity index is 1020. The number of aromatic nitrogens is 2. The van der Waals surface area contributed by atoms with Crippen LogP contribution in [0.4, 0.5) is 5.69 Å². The van der Waals surface area contributed by atoms with Crippen LogP contribution in [0.2, 0.25) is 5.02 Å². The second-order valence-electron chi connectivity index (χ2n) is 6.41. The van der Waals surface area contributed by atoms with Gasteiger partial charge in [0, 0.05) is 35.2 Å². The Balaban J connectivity index is 1.37. The van der Waals surface area contributed by atoms with E-state index in [4.69, 9.17) is 25.6 Å². The van der Waals surface area contributed by atoms with Gasteiger partial charge in [-0.2, -0.15) is 4.98 Å². The Morgan fingerprint density at radius 3 is 2.74 bits per heavy atom.